The van der Waals surface area contributed by atoms with E-state index in [1.54, 1.807) is 0 Å². The van der Waals surface area contributed by atoms with Gasteiger partial charge in [0.25, 0.3) is 0 Å². The van der Waals surface area contributed by atoms with E-state index in [1.165, 1.54) is 19.1 Å². The molecule has 1 aromatic rings. The molecule has 7 heteroatoms. The summed E-state index contributed by atoms with van der Waals surface area (Å²) in [6, 6.07) is 2.51. The third-order valence-electron chi connectivity index (χ3n) is 2.86. The molecule has 0 aliphatic heterocycles. The molecule has 5 nitrogen and oxygen atoms in total. The fourth-order valence-electron chi connectivity index (χ4n) is 1.72. The summed E-state index contributed by atoms with van der Waals surface area (Å²) >= 11 is 5.80. The third-order valence-corrected chi connectivity index (χ3v) is 4.66. The van der Waals surface area contributed by atoms with Crippen LogP contribution in [-0.2, 0) is 10.0 Å². The Morgan fingerprint density at radius 2 is 2.00 bits per heavy atom. The normalized spacial score (nSPS) is 11.8. The number of sulfonamides is 1. The van der Waals surface area contributed by atoms with Crippen molar-refractivity contribution in [1.82, 2.24) is 4.72 Å². The minimum absolute atomic E-state index is 0.0808. The molecule has 0 heterocycles. The average Bonchev–Trinajstić information content (AvgIpc) is 2.30. The van der Waals surface area contributed by atoms with Gasteiger partial charge in [0, 0.05) is 11.6 Å². The largest absolute Gasteiger partial charge is 0.478 e. The van der Waals surface area contributed by atoms with Crippen LogP contribution in [0.4, 0.5) is 0 Å². The first-order valence-corrected chi connectivity index (χ1v) is 8.04. The predicted octanol–water partition coefficient (Wildman–Crippen LogP) is 2.67. The molecule has 2 N–H and O–H groups in total. The lowest BCUT2D eigenvalue weighted by molar-refractivity contribution is 0.0696. The van der Waals surface area contributed by atoms with Gasteiger partial charge in [-0.1, -0.05) is 25.4 Å². The van der Waals surface area contributed by atoms with Crippen molar-refractivity contribution in [3.05, 3.63) is 28.3 Å². The summed E-state index contributed by atoms with van der Waals surface area (Å²) in [5.41, 5.74) is 0.0701. The summed E-state index contributed by atoms with van der Waals surface area (Å²) in [5.74, 6) is -0.837. The molecule has 0 spiro atoms. The van der Waals surface area contributed by atoms with E-state index in [4.69, 9.17) is 16.7 Å². The molecule has 1 rings (SSSR count). The van der Waals surface area contributed by atoms with Crippen LogP contribution in [0.2, 0.25) is 5.02 Å². The van der Waals surface area contributed by atoms with Crippen LogP contribution in [0.15, 0.2) is 17.0 Å². The second-order valence-electron chi connectivity index (χ2n) is 4.96. The fraction of sp³-hybridized carbons (Fsp3) is 0.462. The summed E-state index contributed by atoms with van der Waals surface area (Å²) in [7, 11) is -3.76. The highest BCUT2D eigenvalue weighted by Gasteiger charge is 2.21. The zero-order valence-electron chi connectivity index (χ0n) is 11.6. The Morgan fingerprint density at radius 3 is 2.50 bits per heavy atom. The van der Waals surface area contributed by atoms with Crippen molar-refractivity contribution >= 4 is 27.6 Å². The van der Waals surface area contributed by atoms with Crippen LogP contribution in [0.1, 0.15) is 36.2 Å². The Bertz CT molecular complexity index is 611. The molecule has 0 fully saturated rings. The standard InChI is InChI=1S/C13H18ClNO4S/c1-8(2)4-5-15-20(18,19)12-7-10(14)6-11(9(12)3)13(16)17/h6-8,15H,4-5H2,1-3H3,(H,16,17). The molecule has 0 aromatic heterocycles. The smallest absolute Gasteiger partial charge is 0.336 e. The van der Waals surface area contributed by atoms with Crippen molar-refractivity contribution in [3.8, 4) is 0 Å². The maximum atomic E-state index is 12.2. The minimum Gasteiger partial charge on any atom is -0.478 e. The molecule has 0 atom stereocenters. The van der Waals surface area contributed by atoms with Gasteiger partial charge in [-0.3, -0.25) is 0 Å². The number of halogens is 1. The van der Waals surface area contributed by atoms with E-state index in [9.17, 15) is 13.2 Å². The van der Waals surface area contributed by atoms with Gasteiger partial charge in [-0.25, -0.2) is 17.9 Å². The molecule has 0 aliphatic rings. The molecular weight excluding hydrogens is 302 g/mol. The third kappa shape index (κ3) is 4.19. The van der Waals surface area contributed by atoms with Gasteiger partial charge >= 0.3 is 5.97 Å². The maximum absolute atomic E-state index is 12.2. The molecule has 0 aliphatic carbocycles. The van der Waals surface area contributed by atoms with Gasteiger partial charge in [-0.2, -0.15) is 0 Å². The van der Waals surface area contributed by atoms with E-state index in [0.29, 0.717) is 18.9 Å². The summed E-state index contributed by atoms with van der Waals surface area (Å²) < 4.78 is 26.9. The SMILES string of the molecule is Cc1c(C(=O)O)cc(Cl)cc1S(=O)(=O)NCCC(C)C. The van der Waals surface area contributed by atoms with Crippen LogP contribution in [-0.4, -0.2) is 26.0 Å². The summed E-state index contributed by atoms with van der Waals surface area (Å²) in [6.07, 6.45) is 0.699. The Hall–Kier alpha value is -1.11. The van der Waals surface area contributed by atoms with Gasteiger partial charge in [-0.15, -0.1) is 0 Å². The Kier molecular flexibility index (Phi) is 5.56. The predicted molar refractivity (Wildman–Crippen MR) is 77.8 cm³/mol. The number of hydrogen-bond donors (Lipinski definition) is 2. The van der Waals surface area contributed by atoms with Crippen molar-refractivity contribution in [2.24, 2.45) is 5.92 Å². The van der Waals surface area contributed by atoms with Crippen LogP contribution in [0.3, 0.4) is 0 Å². The maximum Gasteiger partial charge on any atom is 0.336 e. The molecule has 0 radical (unpaired) electrons. The molecule has 1 aromatic carbocycles. The van der Waals surface area contributed by atoms with Gasteiger partial charge in [0.2, 0.25) is 10.0 Å². The van der Waals surface area contributed by atoms with Crippen molar-refractivity contribution in [1.29, 1.82) is 0 Å². The van der Waals surface area contributed by atoms with Crippen LogP contribution in [0, 0.1) is 12.8 Å². The quantitative estimate of drug-likeness (QED) is 0.844. The topological polar surface area (TPSA) is 83.5 Å². The van der Waals surface area contributed by atoms with Crippen molar-refractivity contribution in [3.63, 3.8) is 0 Å². The minimum atomic E-state index is -3.76. The Labute approximate surface area is 124 Å². The molecule has 0 saturated heterocycles. The number of benzene rings is 1. The summed E-state index contributed by atoms with van der Waals surface area (Å²) in [5, 5.41) is 9.14. The first-order chi connectivity index (χ1) is 9.15. The van der Waals surface area contributed by atoms with E-state index in [-0.39, 0.29) is 21.0 Å². The highest BCUT2D eigenvalue weighted by molar-refractivity contribution is 7.89. The van der Waals surface area contributed by atoms with E-state index >= 15 is 0 Å². The fourth-order valence-corrected chi connectivity index (χ4v) is 3.34. The van der Waals surface area contributed by atoms with Crippen LogP contribution in [0.25, 0.3) is 0 Å². The zero-order valence-corrected chi connectivity index (χ0v) is 13.2. The highest BCUT2D eigenvalue weighted by atomic mass is 35.5. The first-order valence-electron chi connectivity index (χ1n) is 6.18. The number of rotatable bonds is 6. The molecule has 0 bridgehead atoms. The van der Waals surface area contributed by atoms with Crippen LogP contribution >= 0.6 is 11.6 Å². The van der Waals surface area contributed by atoms with Gasteiger partial charge in [-0.05, 0) is 37.0 Å². The molecule has 20 heavy (non-hydrogen) atoms. The van der Waals surface area contributed by atoms with Crippen molar-refractivity contribution in [2.75, 3.05) is 6.54 Å². The van der Waals surface area contributed by atoms with Crippen LogP contribution < -0.4 is 4.72 Å². The van der Waals surface area contributed by atoms with Gasteiger partial charge in [0.1, 0.15) is 0 Å². The van der Waals surface area contributed by atoms with Crippen molar-refractivity contribution < 1.29 is 18.3 Å². The molecule has 112 valence electrons. The zero-order chi connectivity index (χ0) is 15.5. The molecule has 0 amide bonds. The number of aromatic carboxylic acids is 1. The van der Waals surface area contributed by atoms with E-state index in [1.807, 2.05) is 13.8 Å². The Balaban J connectivity index is 3.15. The van der Waals surface area contributed by atoms with Gasteiger partial charge in [0.15, 0.2) is 0 Å². The molecule has 0 saturated carbocycles. The van der Waals surface area contributed by atoms with Crippen molar-refractivity contribution in [2.45, 2.75) is 32.1 Å². The molecular formula is C13H18ClNO4S. The average molecular weight is 320 g/mol. The highest BCUT2D eigenvalue weighted by Crippen LogP contribution is 2.24. The Morgan fingerprint density at radius 1 is 1.40 bits per heavy atom. The number of carboxylic acid groups (broad SMARTS) is 1. The van der Waals surface area contributed by atoms with Crippen LogP contribution in [0.5, 0.6) is 0 Å². The van der Waals surface area contributed by atoms with E-state index in [2.05, 4.69) is 4.72 Å². The van der Waals surface area contributed by atoms with Gasteiger partial charge in [0.05, 0.1) is 10.5 Å². The monoisotopic (exact) mass is 319 g/mol. The lowest BCUT2D eigenvalue weighted by Crippen LogP contribution is -2.26. The number of carbonyl (C=O) groups is 1. The first kappa shape index (κ1) is 16.9. The number of carboxylic acids is 1. The second-order valence-corrected chi connectivity index (χ2v) is 7.13. The molecule has 0 unspecified atom stereocenters. The lowest BCUT2D eigenvalue weighted by Gasteiger charge is -2.12. The van der Waals surface area contributed by atoms with Gasteiger partial charge < -0.3 is 5.11 Å². The summed E-state index contributed by atoms with van der Waals surface area (Å²) in [6.45, 7) is 5.73. The number of nitrogens with one attached hydrogen (secondary N) is 1. The summed E-state index contributed by atoms with van der Waals surface area (Å²) in [4.78, 5) is 11.0. The van der Waals surface area contributed by atoms with E-state index < -0.39 is 16.0 Å². The number of hydrogen-bond acceptors (Lipinski definition) is 3. The van der Waals surface area contributed by atoms with E-state index in [0.717, 1.165) is 0 Å². The second kappa shape index (κ2) is 6.56. The lowest BCUT2D eigenvalue weighted by atomic mass is 10.1.